The van der Waals surface area contributed by atoms with Gasteiger partial charge in [-0.1, -0.05) is 50.0 Å². The van der Waals surface area contributed by atoms with Gasteiger partial charge < -0.3 is 24.1 Å². The molecule has 222 valence electrons. The molecule has 0 bridgehead atoms. The van der Waals surface area contributed by atoms with Crippen molar-refractivity contribution in [1.82, 2.24) is 0 Å². The fraction of sp³-hybridized carbons (Fsp3) is 0.812. The number of hydrogen-bond donors (Lipinski definition) is 1. The molecular formula is C32H52O7. The number of carboxylic acids is 1. The van der Waals surface area contributed by atoms with Gasteiger partial charge in [-0.25, -0.2) is 0 Å². The van der Waals surface area contributed by atoms with Gasteiger partial charge in [0, 0.05) is 37.9 Å². The maximum atomic E-state index is 13.2. The van der Waals surface area contributed by atoms with Gasteiger partial charge in [-0.2, -0.15) is 0 Å². The van der Waals surface area contributed by atoms with Crippen LogP contribution in [0.4, 0.5) is 0 Å². The standard InChI is InChI=1S/C32H52O7/c1-23(2)16-17-24(3)28(38-31-14-8-10-20-36-31)19-18-26-25(12-6-4-5-7-13-30(34)35)27(33)22-29(26)39-32-15-9-11-21-37-32/h16,18-19,24-26,28-29,31-32H,4-15,17,20-22H2,1-3H3,(H,34,35)/b19-18+/t24?,25-,26-,28-,29-,31?,32?/m1/s1. The Morgan fingerprint density at radius 2 is 1.72 bits per heavy atom. The Morgan fingerprint density at radius 3 is 2.36 bits per heavy atom. The van der Waals surface area contributed by atoms with E-state index in [0.717, 1.165) is 77.2 Å². The highest BCUT2D eigenvalue weighted by atomic mass is 16.7. The first-order valence-electron chi connectivity index (χ1n) is 15.4. The van der Waals surface area contributed by atoms with Crippen molar-refractivity contribution >= 4 is 11.8 Å². The quantitative estimate of drug-likeness (QED) is 0.164. The van der Waals surface area contributed by atoms with Crippen molar-refractivity contribution in [2.75, 3.05) is 13.2 Å². The van der Waals surface area contributed by atoms with E-state index >= 15 is 0 Å². The predicted molar refractivity (Wildman–Crippen MR) is 151 cm³/mol. The molecule has 2 heterocycles. The van der Waals surface area contributed by atoms with E-state index in [4.69, 9.17) is 24.1 Å². The fourth-order valence-corrected chi connectivity index (χ4v) is 5.87. The van der Waals surface area contributed by atoms with Gasteiger partial charge in [-0.15, -0.1) is 0 Å². The minimum absolute atomic E-state index is 0.0175. The molecule has 0 radical (unpaired) electrons. The fourth-order valence-electron chi connectivity index (χ4n) is 5.87. The summed E-state index contributed by atoms with van der Waals surface area (Å²) in [4.78, 5) is 24.0. The average Bonchev–Trinajstić information content (AvgIpc) is 3.21. The summed E-state index contributed by atoms with van der Waals surface area (Å²) in [5.41, 5.74) is 1.30. The first-order valence-corrected chi connectivity index (χ1v) is 15.4. The number of ketones is 1. The van der Waals surface area contributed by atoms with Gasteiger partial charge in [0.1, 0.15) is 5.78 Å². The molecule has 7 heteroatoms. The van der Waals surface area contributed by atoms with Crippen LogP contribution in [0.25, 0.3) is 0 Å². The van der Waals surface area contributed by atoms with Crippen molar-refractivity contribution in [2.45, 2.75) is 135 Å². The van der Waals surface area contributed by atoms with Crippen molar-refractivity contribution in [3.63, 3.8) is 0 Å². The van der Waals surface area contributed by atoms with Crippen LogP contribution in [0.5, 0.6) is 0 Å². The summed E-state index contributed by atoms with van der Waals surface area (Å²) in [5.74, 6) is -0.315. The monoisotopic (exact) mass is 548 g/mol. The Kier molecular flexibility index (Phi) is 14.2. The number of rotatable bonds is 16. The molecular weight excluding hydrogens is 496 g/mol. The molecule has 3 fully saturated rings. The second kappa shape index (κ2) is 17.3. The number of Topliss-reactive ketones (excluding diaryl/α,β-unsaturated/α-hetero) is 1. The summed E-state index contributed by atoms with van der Waals surface area (Å²) in [6.45, 7) is 7.91. The smallest absolute Gasteiger partial charge is 0.303 e. The summed E-state index contributed by atoms with van der Waals surface area (Å²) in [6.07, 6.45) is 17.8. The molecule has 1 saturated carbocycles. The predicted octanol–water partition coefficient (Wildman–Crippen LogP) is 6.99. The van der Waals surface area contributed by atoms with E-state index in [0.29, 0.717) is 19.4 Å². The van der Waals surface area contributed by atoms with Crippen molar-refractivity contribution in [1.29, 1.82) is 0 Å². The molecule has 2 saturated heterocycles. The van der Waals surface area contributed by atoms with Crippen molar-refractivity contribution in [2.24, 2.45) is 17.8 Å². The van der Waals surface area contributed by atoms with E-state index in [1.54, 1.807) is 0 Å². The van der Waals surface area contributed by atoms with E-state index in [9.17, 15) is 9.59 Å². The van der Waals surface area contributed by atoms with Crippen LogP contribution in [0.3, 0.4) is 0 Å². The summed E-state index contributed by atoms with van der Waals surface area (Å²) in [5, 5.41) is 8.89. The lowest BCUT2D eigenvalue weighted by Crippen LogP contribution is -2.32. The molecule has 2 aliphatic heterocycles. The van der Waals surface area contributed by atoms with E-state index in [2.05, 4.69) is 39.0 Å². The summed E-state index contributed by atoms with van der Waals surface area (Å²) < 4.78 is 24.7. The second-order valence-electron chi connectivity index (χ2n) is 11.9. The van der Waals surface area contributed by atoms with Gasteiger partial charge in [-0.05, 0) is 77.6 Å². The van der Waals surface area contributed by atoms with Gasteiger partial charge in [0.15, 0.2) is 12.6 Å². The molecule has 1 aliphatic carbocycles. The van der Waals surface area contributed by atoms with E-state index in [-0.39, 0.29) is 54.7 Å². The van der Waals surface area contributed by atoms with E-state index < -0.39 is 5.97 Å². The van der Waals surface area contributed by atoms with Crippen LogP contribution in [0.15, 0.2) is 23.8 Å². The molecule has 0 spiro atoms. The van der Waals surface area contributed by atoms with Crippen LogP contribution in [0.1, 0.15) is 111 Å². The number of carbonyl (C=O) groups excluding carboxylic acids is 1. The van der Waals surface area contributed by atoms with E-state index in [1.165, 1.54) is 5.57 Å². The van der Waals surface area contributed by atoms with Crippen LogP contribution in [0, 0.1) is 17.8 Å². The average molecular weight is 549 g/mol. The van der Waals surface area contributed by atoms with Crippen LogP contribution >= 0.6 is 0 Å². The lowest BCUT2D eigenvalue weighted by molar-refractivity contribution is -0.193. The molecule has 3 unspecified atom stereocenters. The Bertz CT molecular complexity index is 790. The van der Waals surface area contributed by atoms with Crippen LogP contribution < -0.4 is 0 Å². The van der Waals surface area contributed by atoms with Gasteiger partial charge in [-0.3, -0.25) is 9.59 Å². The van der Waals surface area contributed by atoms with Gasteiger partial charge in [0.2, 0.25) is 0 Å². The first kappa shape index (κ1) is 32.0. The highest BCUT2D eigenvalue weighted by molar-refractivity contribution is 5.84. The number of unbranched alkanes of at least 4 members (excludes halogenated alkanes) is 3. The number of allylic oxidation sites excluding steroid dienone is 2. The summed E-state index contributed by atoms with van der Waals surface area (Å²) >= 11 is 0. The SMILES string of the molecule is CC(C)=CCC(C)[C@@H](/C=C/[C@H]1[C@H](OC2CCCCO2)CC(=O)[C@@H]1CCCCCCC(=O)O)OC1CCCCO1. The number of aliphatic carboxylic acids is 1. The summed E-state index contributed by atoms with van der Waals surface area (Å²) in [7, 11) is 0. The zero-order valence-corrected chi connectivity index (χ0v) is 24.5. The highest BCUT2D eigenvalue weighted by Gasteiger charge is 2.42. The third-order valence-electron chi connectivity index (χ3n) is 8.26. The minimum Gasteiger partial charge on any atom is -0.481 e. The normalized spacial score (nSPS) is 29.4. The molecule has 3 aliphatic rings. The third kappa shape index (κ3) is 11.5. The number of ether oxygens (including phenoxy) is 4. The molecule has 0 aromatic rings. The zero-order valence-electron chi connectivity index (χ0n) is 24.5. The number of carboxylic acid groups (broad SMARTS) is 1. The Hall–Kier alpha value is -1.54. The largest absolute Gasteiger partial charge is 0.481 e. The second-order valence-corrected chi connectivity index (χ2v) is 11.9. The van der Waals surface area contributed by atoms with Crippen molar-refractivity contribution < 1.29 is 33.6 Å². The van der Waals surface area contributed by atoms with E-state index in [1.807, 2.05) is 0 Å². The van der Waals surface area contributed by atoms with Crippen LogP contribution in [-0.4, -0.2) is 54.9 Å². The number of carbonyl (C=O) groups is 2. The highest BCUT2D eigenvalue weighted by Crippen LogP contribution is 2.38. The van der Waals surface area contributed by atoms with Gasteiger partial charge >= 0.3 is 5.97 Å². The Labute approximate surface area is 235 Å². The molecule has 0 aromatic heterocycles. The molecule has 3 rings (SSSR count). The molecule has 0 aromatic carbocycles. The van der Waals surface area contributed by atoms with Crippen molar-refractivity contribution in [3.8, 4) is 0 Å². The molecule has 7 atom stereocenters. The topological polar surface area (TPSA) is 91.3 Å². The minimum atomic E-state index is -0.745. The first-order chi connectivity index (χ1) is 18.8. The third-order valence-corrected chi connectivity index (χ3v) is 8.26. The molecule has 1 N–H and O–H groups in total. The molecule has 7 nitrogen and oxygen atoms in total. The summed E-state index contributed by atoms with van der Waals surface area (Å²) in [6, 6.07) is 0. The number of hydrogen-bond acceptors (Lipinski definition) is 6. The molecule has 0 amide bonds. The van der Waals surface area contributed by atoms with Gasteiger partial charge in [0.25, 0.3) is 0 Å². The molecule has 39 heavy (non-hydrogen) atoms. The van der Waals surface area contributed by atoms with Crippen LogP contribution in [-0.2, 0) is 28.5 Å². The zero-order chi connectivity index (χ0) is 28.0. The maximum Gasteiger partial charge on any atom is 0.303 e. The van der Waals surface area contributed by atoms with Crippen molar-refractivity contribution in [3.05, 3.63) is 23.8 Å². The lowest BCUT2D eigenvalue weighted by Gasteiger charge is -2.31. The van der Waals surface area contributed by atoms with Crippen LogP contribution in [0.2, 0.25) is 0 Å². The Balaban J connectivity index is 1.71. The maximum absolute atomic E-state index is 13.2. The lowest BCUT2D eigenvalue weighted by atomic mass is 9.87. The Morgan fingerprint density at radius 1 is 1.03 bits per heavy atom. The van der Waals surface area contributed by atoms with Gasteiger partial charge in [0.05, 0.1) is 12.2 Å².